The Morgan fingerprint density at radius 1 is 1.32 bits per heavy atom. The van der Waals surface area contributed by atoms with Crippen LogP contribution in [0.1, 0.15) is 18.9 Å². The van der Waals surface area contributed by atoms with Crippen LogP contribution >= 0.6 is 0 Å². The smallest absolute Gasteiger partial charge is 0.406 e. The van der Waals surface area contributed by atoms with Gasteiger partial charge in [-0.25, -0.2) is 0 Å². The van der Waals surface area contributed by atoms with Gasteiger partial charge in [-0.15, -0.1) is 13.2 Å². The predicted molar refractivity (Wildman–Crippen MR) is 68.1 cm³/mol. The van der Waals surface area contributed by atoms with E-state index in [-0.39, 0.29) is 11.8 Å². The van der Waals surface area contributed by atoms with Gasteiger partial charge in [-0.05, 0) is 31.0 Å². The Bertz CT molecular complexity index is 418. The Kier molecular flexibility index (Phi) is 5.81. The van der Waals surface area contributed by atoms with Crippen molar-refractivity contribution in [2.75, 3.05) is 5.75 Å². The lowest BCUT2D eigenvalue weighted by Gasteiger charge is -2.09. The Balaban J connectivity index is 2.50. The van der Waals surface area contributed by atoms with Crippen molar-refractivity contribution in [3.63, 3.8) is 0 Å². The standard InChI is InChI=1S/C12H16F3NO2S/c1-9(16)6-7-19(17)8-10-2-4-11(5-3-10)18-12(13,14)15/h2-5,9H,6-8,16H2,1H3. The first kappa shape index (κ1) is 16.0. The van der Waals surface area contributed by atoms with E-state index in [0.717, 1.165) is 0 Å². The normalized spacial score (nSPS) is 15.0. The Hall–Kier alpha value is -1.08. The molecule has 108 valence electrons. The summed E-state index contributed by atoms with van der Waals surface area (Å²) in [6, 6.07) is 5.37. The van der Waals surface area contributed by atoms with Crippen molar-refractivity contribution in [1.29, 1.82) is 0 Å². The van der Waals surface area contributed by atoms with Gasteiger partial charge in [0.2, 0.25) is 0 Å². The SMILES string of the molecule is CC(N)CCS(=O)Cc1ccc(OC(F)(F)F)cc1. The first-order chi connectivity index (χ1) is 8.76. The molecule has 0 aromatic heterocycles. The Labute approximate surface area is 112 Å². The molecule has 0 heterocycles. The van der Waals surface area contributed by atoms with Gasteiger partial charge in [0.25, 0.3) is 0 Å². The summed E-state index contributed by atoms with van der Waals surface area (Å²) in [6.07, 6.45) is -4.04. The summed E-state index contributed by atoms with van der Waals surface area (Å²) in [7, 11) is -1.06. The van der Waals surface area contributed by atoms with Gasteiger partial charge >= 0.3 is 6.36 Å². The van der Waals surface area contributed by atoms with Crippen LogP contribution in [0.15, 0.2) is 24.3 Å². The van der Waals surface area contributed by atoms with Crippen LogP contribution in [0.5, 0.6) is 5.75 Å². The average Bonchev–Trinajstić information content (AvgIpc) is 2.27. The second-order valence-corrected chi connectivity index (χ2v) is 5.82. The number of alkyl halides is 3. The molecule has 2 N–H and O–H groups in total. The molecule has 1 aromatic rings. The second kappa shape index (κ2) is 6.91. The van der Waals surface area contributed by atoms with Crippen LogP contribution in [0.3, 0.4) is 0 Å². The number of rotatable bonds is 6. The monoisotopic (exact) mass is 295 g/mol. The Morgan fingerprint density at radius 2 is 1.89 bits per heavy atom. The highest BCUT2D eigenvalue weighted by atomic mass is 32.2. The first-order valence-electron chi connectivity index (χ1n) is 5.71. The van der Waals surface area contributed by atoms with Gasteiger partial charge in [0, 0.05) is 28.3 Å². The molecule has 0 spiro atoms. The summed E-state index contributed by atoms with van der Waals surface area (Å²) in [6.45, 7) is 1.83. The highest BCUT2D eigenvalue weighted by molar-refractivity contribution is 7.84. The second-order valence-electron chi connectivity index (χ2n) is 4.25. The highest BCUT2D eigenvalue weighted by Gasteiger charge is 2.30. The number of hydrogen-bond donors (Lipinski definition) is 1. The van der Waals surface area contributed by atoms with E-state index in [1.54, 1.807) is 0 Å². The van der Waals surface area contributed by atoms with Gasteiger partial charge < -0.3 is 10.5 Å². The third-order valence-corrected chi connectivity index (χ3v) is 3.63. The number of hydrogen-bond acceptors (Lipinski definition) is 3. The van der Waals surface area contributed by atoms with E-state index in [4.69, 9.17) is 5.73 Å². The number of halogens is 3. The Morgan fingerprint density at radius 3 is 2.37 bits per heavy atom. The van der Waals surface area contributed by atoms with E-state index in [1.807, 2.05) is 6.92 Å². The van der Waals surface area contributed by atoms with E-state index in [1.165, 1.54) is 24.3 Å². The van der Waals surface area contributed by atoms with Crippen LogP contribution in [0.25, 0.3) is 0 Å². The van der Waals surface area contributed by atoms with Gasteiger partial charge in [-0.1, -0.05) is 12.1 Å². The van der Waals surface area contributed by atoms with Crippen LogP contribution in [0.4, 0.5) is 13.2 Å². The molecular formula is C12H16F3NO2S. The molecule has 0 amide bonds. The molecule has 1 aromatic carbocycles. The van der Waals surface area contributed by atoms with Crippen LogP contribution in [0, 0.1) is 0 Å². The average molecular weight is 295 g/mol. The quantitative estimate of drug-likeness (QED) is 0.877. The van der Waals surface area contributed by atoms with Crippen molar-refractivity contribution in [3.8, 4) is 5.75 Å². The predicted octanol–water partition coefficient (Wildman–Crippen LogP) is 2.57. The van der Waals surface area contributed by atoms with Crippen molar-refractivity contribution in [2.45, 2.75) is 31.5 Å². The minimum Gasteiger partial charge on any atom is -0.406 e. The fourth-order valence-electron chi connectivity index (χ4n) is 1.36. The largest absolute Gasteiger partial charge is 0.573 e. The van der Waals surface area contributed by atoms with Crippen molar-refractivity contribution >= 4 is 10.8 Å². The summed E-state index contributed by atoms with van der Waals surface area (Å²) >= 11 is 0. The van der Waals surface area contributed by atoms with E-state index in [0.29, 0.717) is 23.5 Å². The first-order valence-corrected chi connectivity index (χ1v) is 7.20. The zero-order chi connectivity index (χ0) is 14.5. The lowest BCUT2D eigenvalue weighted by atomic mass is 10.2. The molecule has 7 heteroatoms. The third-order valence-electron chi connectivity index (χ3n) is 2.29. The van der Waals surface area contributed by atoms with Crippen molar-refractivity contribution in [3.05, 3.63) is 29.8 Å². The van der Waals surface area contributed by atoms with E-state index >= 15 is 0 Å². The molecule has 0 aliphatic carbocycles. The molecule has 2 unspecified atom stereocenters. The summed E-state index contributed by atoms with van der Waals surface area (Å²) in [5, 5.41) is 0. The molecule has 0 saturated heterocycles. The number of ether oxygens (including phenoxy) is 1. The molecule has 2 atom stereocenters. The van der Waals surface area contributed by atoms with E-state index in [2.05, 4.69) is 4.74 Å². The van der Waals surface area contributed by atoms with Crippen LogP contribution in [0.2, 0.25) is 0 Å². The molecular weight excluding hydrogens is 279 g/mol. The molecule has 1 rings (SSSR count). The van der Waals surface area contributed by atoms with E-state index < -0.39 is 17.2 Å². The molecule has 0 aliphatic heterocycles. The summed E-state index contributed by atoms with van der Waals surface area (Å²) in [5.41, 5.74) is 6.26. The fraction of sp³-hybridized carbons (Fsp3) is 0.500. The van der Waals surface area contributed by atoms with Crippen molar-refractivity contribution < 1.29 is 22.1 Å². The van der Waals surface area contributed by atoms with E-state index in [9.17, 15) is 17.4 Å². The van der Waals surface area contributed by atoms with Crippen LogP contribution in [-0.4, -0.2) is 22.4 Å². The molecule has 3 nitrogen and oxygen atoms in total. The van der Waals surface area contributed by atoms with Crippen LogP contribution < -0.4 is 10.5 Å². The number of nitrogens with two attached hydrogens (primary N) is 1. The summed E-state index contributed by atoms with van der Waals surface area (Å²) < 4.78 is 51.3. The van der Waals surface area contributed by atoms with Gasteiger partial charge in [0.05, 0.1) is 0 Å². The minimum atomic E-state index is -4.69. The van der Waals surface area contributed by atoms with Crippen molar-refractivity contribution in [2.24, 2.45) is 5.73 Å². The van der Waals surface area contributed by atoms with Gasteiger partial charge in [0.1, 0.15) is 5.75 Å². The summed E-state index contributed by atoms with van der Waals surface area (Å²) in [4.78, 5) is 0. The van der Waals surface area contributed by atoms with Gasteiger partial charge in [-0.3, -0.25) is 4.21 Å². The lowest BCUT2D eigenvalue weighted by molar-refractivity contribution is -0.274. The maximum absolute atomic E-state index is 11.9. The van der Waals surface area contributed by atoms with Crippen molar-refractivity contribution in [1.82, 2.24) is 0 Å². The third kappa shape index (κ3) is 7.17. The molecule has 0 radical (unpaired) electrons. The molecule has 0 fully saturated rings. The fourth-order valence-corrected chi connectivity index (χ4v) is 2.71. The molecule has 0 saturated carbocycles. The molecule has 19 heavy (non-hydrogen) atoms. The lowest BCUT2D eigenvalue weighted by Crippen LogP contribution is -2.18. The molecule has 0 aliphatic rings. The maximum atomic E-state index is 11.9. The van der Waals surface area contributed by atoms with Crippen LogP contribution in [-0.2, 0) is 16.6 Å². The topological polar surface area (TPSA) is 52.3 Å². The minimum absolute atomic E-state index is 0.00786. The zero-order valence-electron chi connectivity index (χ0n) is 10.4. The number of benzene rings is 1. The van der Waals surface area contributed by atoms with Gasteiger partial charge in [-0.2, -0.15) is 0 Å². The van der Waals surface area contributed by atoms with Gasteiger partial charge in [0.15, 0.2) is 0 Å². The zero-order valence-corrected chi connectivity index (χ0v) is 11.3. The molecule has 0 bridgehead atoms. The summed E-state index contributed by atoms with van der Waals surface area (Å²) in [5.74, 6) is 0.509. The maximum Gasteiger partial charge on any atom is 0.573 e. The highest BCUT2D eigenvalue weighted by Crippen LogP contribution is 2.23.